The van der Waals surface area contributed by atoms with E-state index < -0.39 is 0 Å². The molecule has 0 fully saturated rings. The Morgan fingerprint density at radius 1 is 1.33 bits per heavy atom. The average molecular weight is 451 g/mol. The molecule has 0 aromatic heterocycles. The Morgan fingerprint density at radius 2 is 1.80 bits per heavy atom. The maximum absolute atomic E-state index is 9.34. The molecule has 0 unspecified atom stereocenters. The number of hydrogen-bond donors (Lipinski definition) is 1. The van der Waals surface area contributed by atoms with E-state index in [1.54, 1.807) is 0 Å². The van der Waals surface area contributed by atoms with E-state index in [9.17, 15) is 5.11 Å². The van der Waals surface area contributed by atoms with Crippen LogP contribution in [0.2, 0.25) is 0 Å². The standard InChI is InChI=1S/C6H3Br2ClN2O.2ClH.Zn/c7-2-1-3(11-10)5(9)4(8)6(2)12;;;/h12H,1H2;2*1H;/q;;;+2/p-2. The van der Waals surface area contributed by atoms with Crippen molar-refractivity contribution in [3.63, 3.8) is 0 Å². The van der Waals surface area contributed by atoms with Crippen LogP contribution < -0.4 is 24.8 Å². The number of allylic oxidation sites excluding steroid dienone is 3. The number of rotatable bonds is 0. The van der Waals surface area contributed by atoms with Crippen molar-refractivity contribution in [2.24, 2.45) is 0 Å². The predicted molar refractivity (Wildman–Crippen MR) is 53.6 cm³/mol. The molecular weight excluding hydrogens is 448 g/mol. The fraction of sp³-hybridized carbons (Fsp3) is 0.167. The molecule has 0 heterocycles. The molecule has 80 valence electrons. The third-order valence-electron chi connectivity index (χ3n) is 1.35. The van der Waals surface area contributed by atoms with Gasteiger partial charge in [-0.3, -0.25) is 0 Å². The summed E-state index contributed by atoms with van der Waals surface area (Å²) in [7, 11) is 0. The number of aliphatic hydroxyl groups is 1. The first kappa shape index (κ1) is 21.4. The van der Waals surface area contributed by atoms with Crippen LogP contribution in [0.3, 0.4) is 0 Å². The van der Waals surface area contributed by atoms with Crippen molar-refractivity contribution in [3.8, 4) is 0 Å². The van der Waals surface area contributed by atoms with Gasteiger partial charge in [-0.25, -0.2) is 0 Å². The maximum atomic E-state index is 9.34. The zero-order valence-corrected chi connectivity index (χ0v) is 15.6. The van der Waals surface area contributed by atoms with Crippen molar-refractivity contribution in [1.29, 1.82) is 0 Å². The maximum Gasteiger partial charge on any atom is 2.00 e. The van der Waals surface area contributed by atoms with Gasteiger partial charge < -0.3 is 35.5 Å². The molecule has 0 bridgehead atoms. The third kappa shape index (κ3) is 4.86. The second kappa shape index (κ2) is 9.18. The third-order valence-corrected chi connectivity index (χ3v) is 3.42. The van der Waals surface area contributed by atoms with Gasteiger partial charge in [0.1, 0.15) is 10.8 Å². The van der Waals surface area contributed by atoms with Gasteiger partial charge in [-0.1, -0.05) is 27.5 Å². The molecule has 1 rings (SSSR count). The van der Waals surface area contributed by atoms with Gasteiger partial charge >= 0.3 is 25.2 Å². The van der Waals surface area contributed by atoms with Gasteiger partial charge in [0, 0.05) is 4.48 Å². The molecule has 0 atom stereocenters. The van der Waals surface area contributed by atoms with E-state index in [1.807, 2.05) is 0 Å². The molecule has 15 heavy (non-hydrogen) atoms. The molecule has 0 saturated heterocycles. The summed E-state index contributed by atoms with van der Waals surface area (Å²) in [4.78, 5) is 2.99. The van der Waals surface area contributed by atoms with Gasteiger partial charge in [-0.05, 0) is 15.9 Å². The van der Waals surface area contributed by atoms with Crippen LogP contribution in [-0.4, -0.2) is 15.6 Å². The molecular formula is C6H3Br2Cl3N2OZn. The van der Waals surface area contributed by atoms with Crippen molar-refractivity contribution in [2.45, 2.75) is 6.42 Å². The normalized spacial score (nSPS) is 14.7. The first-order valence-corrected chi connectivity index (χ1v) is 4.89. The molecule has 0 radical (unpaired) electrons. The van der Waals surface area contributed by atoms with Crippen LogP contribution >= 0.6 is 43.5 Å². The number of aliphatic hydroxyl groups excluding tert-OH is 1. The quantitative estimate of drug-likeness (QED) is 0.240. The van der Waals surface area contributed by atoms with Crippen LogP contribution in [0, 0.1) is 0 Å². The van der Waals surface area contributed by atoms with Crippen molar-refractivity contribution >= 4 is 49.2 Å². The topological polar surface area (TPSA) is 56.6 Å². The van der Waals surface area contributed by atoms with Crippen LogP contribution in [0.25, 0.3) is 5.53 Å². The molecule has 0 saturated carbocycles. The summed E-state index contributed by atoms with van der Waals surface area (Å²) in [6.45, 7) is 0. The zero-order valence-electron chi connectivity index (χ0n) is 7.15. The Labute approximate surface area is 134 Å². The molecule has 1 N–H and O–H groups in total. The number of nitrogens with zero attached hydrogens (tertiary/aromatic N) is 2. The molecule has 1 aliphatic rings. The molecule has 0 spiro atoms. The molecule has 0 aromatic rings. The van der Waals surface area contributed by atoms with Crippen LogP contribution in [0.15, 0.2) is 19.8 Å². The van der Waals surface area contributed by atoms with Crippen molar-refractivity contribution in [1.82, 2.24) is 0 Å². The summed E-state index contributed by atoms with van der Waals surface area (Å²) in [5.41, 5.74) is 8.82. The van der Waals surface area contributed by atoms with E-state index in [4.69, 9.17) is 17.1 Å². The fourth-order valence-electron chi connectivity index (χ4n) is 0.737. The SMILES string of the molecule is [Cl-].[Cl-].[N-]=[N+]=C1CC(Br)=C(O)C(Br)=C1Cl.[Zn+2]. The van der Waals surface area contributed by atoms with E-state index in [1.165, 1.54) is 0 Å². The van der Waals surface area contributed by atoms with E-state index in [2.05, 4.69) is 36.6 Å². The van der Waals surface area contributed by atoms with Crippen LogP contribution in [0.5, 0.6) is 0 Å². The second-order valence-electron chi connectivity index (χ2n) is 2.10. The Morgan fingerprint density at radius 3 is 2.20 bits per heavy atom. The Hall–Kier alpha value is 1.11. The van der Waals surface area contributed by atoms with Gasteiger partial charge in [-0.15, -0.1) is 0 Å². The smallest absolute Gasteiger partial charge is 1.00 e. The summed E-state index contributed by atoms with van der Waals surface area (Å²) >= 11 is 11.9. The molecule has 0 aliphatic heterocycles. The minimum Gasteiger partial charge on any atom is -1.00 e. The number of hydrogen-bond acceptors (Lipinski definition) is 1. The molecule has 9 heteroatoms. The summed E-state index contributed by atoms with van der Waals surface area (Å²) in [5.74, 6) is 0.0346. The van der Waals surface area contributed by atoms with Gasteiger partial charge in [-0.2, -0.15) is 4.79 Å². The van der Waals surface area contributed by atoms with E-state index >= 15 is 0 Å². The van der Waals surface area contributed by atoms with Gasteiger partial charge in [0.15, 0.2) is 0 Å². The molecule has 0 amide bonds. The summed E-state index contributed by atoms with van der Waals surface area (Å²) in [6.07, 6.45) is 0.288. The fourth-order valence-corrected chi connectivity index (χ4v) is 2.13. The van der Waals surface area contributed by atoms with Crippen LogP contribution in [0.4, 0.5) is 0 Å². The first-order chi connectivity index (χ1) is 5.57. The summed E-state index contributed by atoms with van der Waals surface area (Å²) < 4.78 is 0.863. The van der Waals surface area contributed by atoms with Crippen molar-refractivity contribution in [3.05, 3.63) is 25.3 Å². The van der Waals surface area contributed by atoms with E-state index in [-0.39, 0.29) is 61.5 Å². The van der Waals surface area contributed by atoms with E-state index in [0.717, 1.165) is 0 Å². The van der Waals surface area contributed by atoms with Crippen molar-refractivity contribution < 1.29 is 54.2 Å². The van der Waals surface area contributed by atoms with Crippen LogP contribution in [-0.2, 0) is 19.5 Å². The first-order valence-electron chi connectivity index (χ1n) is 2.92. The predicted octanol–water partition coefficient (Wildman–Crippen LogP) is -2.92. The molecule has 0 aromatic carbocycles. The van der Waals surface area contributed by atoms with Crippen molar-refractivity contribution in [2.75, 3.05) is 0 Å². The summed E-state index contributed by atoms with van der Waals surface area (Å²) in [6, 6.07) is 0. The monoisotopic (exact) mass is 446 g/mol. The second-order valence-corrected chi connectivity index (χ2v) is 4.23. The Bertz CT molecular complexity index is 352. The van der Waals surface area contributed by atoms with Gasteiger partial charge in [0.25, 0.3) is 0 Å². The molecule has 3 nitrogen and oxygen atoms in total. The Kier molecular flexibility index (Phi) is 13.1. The van der Waals surface area contributed by atoms with Gasteiger partial charge in [0.2, 0.25) is 0 Å². The van der Waals surface area contributed by atoms with E-state index in [0.29, 0.717) is 14.7 Å². The average Bonchev–Trinajstić information content (AvgIpc) is 2.08. The number of halogens is 5. The zero-order chi connectivity index (χ0) is 9.30. The minimum absolute atomic E-state index is 0. The largest absolute Gasteiger partial charge is 2.00 e. The summed E-state index contributed by atoms with van der Waals surface area (Å²) in [5, 5.41) is 9.56. The Balaban J connectivity index is -0.000000480. The van der Waals surface area contributed by atoms with Gasteiger partial charge in [0.05, 0.1) is 10.9 Å². The van der Waals surface area contributed by atoms with Crippen LogP contribution in [0.1, 0.15) is 6.42 Å². The molecule has 1 aliphatic carbocycles. The minimum atomic E-state index is 0.